The van der Waals surface area contributed by atoms with E-state index in [9.17, 15) is 4.79 Å². The van der Waals surface area contributed by atoms with E-state index >= 15 is 0 Å². The van der Waals surface area contributed by atoms with Crippen molar-refractivity contribution in [2.24, 2.45) is 17.4 Å². The lowest BCUT2D eigenvalue weighted by Gasteiger charge is -2.13. The minimum Gasteiger partial charge on any atom is -0.492 e. The first kappa shape index (κ1) is 12.8. The highest BCUT2D eigenvalue weighted by molar-refractivity contribution is 6.30. The van der Waals surface area contributed by atoms with Crippen molar-refractivity contribution in [1.29, 1.82) is 0 Å². The number of carbonyl (C=O) groups is 1. The SMILES string of the molecule is CC(COc1ccc(Cl)cc1CN)C(N)=O. The van der Waals surface area contributed by atoms with Crippen LogP contribution in [0.4, 0.5) is 0 Å². The number of primary amides is 1. The summed E-state index contributed by atoms with van der Waals surface area (Å²) < 4.78 is 5.47. The second kappa shape index (κ2) is 5.72. The van der Waals surface area contributed by atoms with Gasteiger partial charge in [-0.25, -0.2) is 0 Å². The molecule has 0 aliphatic rings. The maximum absolute atomic E-state index is 10.8. The fourth-order valence-corrected chi connectivity index (χ4v) is 1.34. The van der Waals surface area contributed by atoms with Crippen molar-refractivity contribution in [1.82, 2.24) is 0 Å². The summed E-state index contributed by atoms with van der Waals surface area (Å²) in [6.07, 6.45) is 0. The van der Waals surface area contributed by atoms with Crippen molar-refractivity contribution in [3.8, 4) is 5.75 Å². The molecule has 0 saturated heterocycles. The quantitative estimate of drug-likeness (QED) is 0.817. The molecule has 1 rings (SSSR count). The molecule has 0 saturated carbocycles. The Kier molecular flexibility index (Phi) is 4.58. The molecule has 0 heterocycles. The van der Waals surface area contributed by atoms with Gasteiger partial charge in [-0.15, -0.1) is 0 Å². The van der Waals surface area contributed by atoms with Crippen LogP contribution in [0.3, 0.4) is 0 Å². The number of nitrogens with two attached hydrogens (primary N) is 2. The summed E-state index contributed by atoms with van der Waals surface area (Å²) in [5, 5.41) is 0.607. The Bertz CT molecular complexity index is 382. The topological polar surface area (TPSA) is 78.3 Å². The van der Waals surface area contributed by atoms with Crippen LogP contribution in [0.2, 0.25) is 5.02 Å². The number of rotatable bonds is 5. The fraction of sp³-hybridized carbons (Fsp3) is 0.364. The number of ether oxygens (including phenoxy) is 1. The third-order valence-electron chi connectivity index (χ3n) is 2.22. The van der Waals surface area contributed by atoms with Crippen molar-refractivity contribution >= 4 is 17.5 Å². The molecule has 4 N–H and O–H groups in total. The Morgan fingerprint density at radius 1 is 1.56 bits per heavy atom. The number of halogens is 1. The van der Waals surface area contributed by atoms with Gasteiger partial charge in [0.15, 0.2) is 0 Å². The number of amides is 1. The minimum absolute atomic E-state index is 0.240. The van der Waals surface area contributed by atoms with E-state index in [2.05, 4.69) is 0 Å². The summed E-state index contributed by atoms with van der Waals surface area (Å²) in [7, 11) is 0. The van der Waals surface area contributed by atoms with Gasteiger partial charge in [-0.1, -0.05) is 18.5 Å². The molecule has 88 valence electrons. The van der Waals surface area contributed by atoms with Gasteiger partial charge in [0.05, 0.1) is 12.5 Å². The van der Waals surface area contributed by atoms with E-state index in [0.717, 1.165) is 5.56 Å². The molecule has 1 aromatic carbocycles. The molecular formula is C11H15ClN2O2. The standard InChI is InChI=1S/C11H15ClN2O2/c1-7(11(14)15)6-16-10-3-2-9(12)4-8(10)5-13/h2-4,7H,5-6,13H2,1H3,(H2,14,15). The molecule has 0 bridgehead atoms. The summed E-state index contributed by atoms with van der Waals surface area (Å²) in [5.74, 6) is -0.0791. The highest BCUT2D eigenvalue weighted by atomic mass is 35.5. The molecule has 0 radical (unpaired) electrons. The van der Waals surface area contributed by atoms with Crippen LogP contribution in [0.5, 0.6) is 5.75 Å². The van der Waals surface area contributed by atoms with Gasteiger partial charge in [0, 0.05) is 17.1 Å². The molecule has 0 aromatic heterocycles. The predicted octanol–water partition coefficient (Wildman–Crippen LogP) is 1.30. The molecule has 1 atom stereocenters. The first-order valence-electron chi connectivity index (χ1n) is 4.95. The largest absolute Gasteiger partial charge is 0.492 e. The third kappa shape index (κ3) is 3.40. The second-order valence-corrected chi connectivity index (χ2v) is 4.01. The van der Waals surface area contributed by atoms with Crippen molar-refractivity contribution in [2.75, 3.05) is 6.61 Å². The normalized spacial score (nSPS) is 12.2. The van der Waals surface area contributed by atoms with Crippen LogP contribution in [0.15, 0.2) is 18.2 Å². The van der Waals surface area contributed by atoms with Gasteiger partial charge in [0.2, 0.25) is 5.91 Å². The van der Waals surface area contributed by atoms with E-state index in [-0.39, 0.29) is 18.4 Å². The minimum atomic E-state index is -0.386. The lowest BCUT2D eigenvalue weighted by atomic mass is 10.2. The Hall–Kier alpha value is -1.26. The molecule has 0 aliphatic carbocycles. The van der Waals surface area contributed by atoms with Crippen LogP contribution in [-0.4, -0.2) is 12.5 Å². The maximum atomic E-state index is 10.8. The summed E-state index contributed by atoms with van der Waals surface area (Å²) in [6.45, 7) is 2.28. The Labute approximate surface area is 99.5 Å². The number of hydrogen-bond acceptors (Lipinski definition) is 3. The molecule has 1 amide bonds. The molecule has 4 nitrogen and oxygen atoms in total. The Balaban J connectivity index is 2.70. The molecule has 0 fully saturated rings. The zero-order valence-electron chi connectivity index (χ0n) is 9.07. The van der Waals surface area contributed by atoms with Crippen LogP contribution in [0, 0.1) is 5.92 Å². The van der Waals surface area contributed by atoms with Gasteiger partial charge < -0.3 is 16.2 Å². The zero-order chi connectivity index (χ0) is 12.1. The van der Waals surface area contributed by atoms with Crippen LogP contribution in [-0.2, 0) is 11.3 Å². The van der Waals surface area contributed by atoms with E-state index in [1.165, 1.54) is 0 Å². The molecular weight excluding hydrogens is 228 g/mol. The van der Waals surface area contributed by atoms with E-state index in [0.29, 0.717) is 17.3 Å². The highest BCUT2D eigenvalue weighted by Gasteiger charge is 2.10. The highest BCUT2D eigenvalue weighted by Crippen LogP contribution is 2.22. The molecule has 0 aliphatic heterocycles. The third-order valence-corrected chi connectivity index (χ3v) is 2.45. The van der Waals surface area contributed by atoms with Crippen molar-refractivity contribution in [3.63, 3.8) is 0 Å². The van der Waals surface area contributed by atoms with E-state index in [1.807, 2.05) is 0 Å². The van der Waals surface area contributed by atoms with E-state index < -0.39 is 0 Å². The van der Waals surface area contributed by atoms with Gasteiger partial charge in [0.25, 0.3) is 0 Å². The van der Waals surface area contributed by atoms with Crippen LogP contribution >= 0.6 is 11.6 Å². The zero-order valence-corrected chi connectivity index (χ0v) is 9.83. The smallest absolute Gasteiger partial charge is 0.223 e. The molecule has 1 unspecified atom stereocenters. The average molecular weight is 243 g/mol. The second-order valence-electron chi connectivity index (χ2n) is 3.57. The van der Waals surface area contributed by atoms with Gasteiger partial charge in [0.1, 0.15) is 5.75 Å². The van der Waals surface area contributed by atoms with Crippen LogP contribution < -0.4 is 16.2 Å². The van der Waals surface area contributed by atoms with Crippen molar-refractivity contribution in [3.05, 3.63) is 28.8 Å². The molecule has 16 heavy (non-hydrogen) atoms. The predicted molar refractivity (Wildman–Crippen MR) is 63.2 cm³/mol. The summed E-state index contributed by atoms with van der Waals surface area (Å²) in [6, 6.07) is 5.19. The average Bonchev–Trinajstić information content (AvgIpc) is 2.26. The fourth-order valence-electron chi connectivity index (χ4n) is 1.15. The van der Waals surface area contributed by atoms with Crippen LogP contribution in [0.1, 0.15) is 12.5 Å². The summed E-state index contributed by atoms with van der Waals surface area (Å²) >= 11 is 5.82. The first-order chi connectivity index (χ1) is 7.54. The Morgan fingerprint density at radius 2 is 2.25 bits per heavy atom. The number of benzene rings is 1. The number of carbonyl (C=O) groups excluding carboxylic acids is 1. The summed E-state index contributed by atoms with van der Waals surface area (Å²) in [5.41, 5.74) is 11.5. The van der Waals surface area contributed by atoms with Crippen LogP contribution in [0.25, 0.3) is 0 Å². The summed E-state index contributed by atoms with van der Waals surface area (Å²) in [4.78, 5) is 10.8. The van der Waals surface area contributed by atoms with Crippen molar-refractivity contribution < 1.29 is 9.53 Å². The lowest BCUT2D eigenvalue weighted by Crippen LogP contribution is -2.26. The first-order valence-corrected chi connectivity index (χ1v) is 5.33. The molecule has 1 aromatic rings. The maximum Gasteiger partial charge on any atom is 0.223 e. The van der Waals surface area contributed by atoms with Gasteiger partial charge in [-0.05, 0) is 18.2 Å². The van der Waals surface area contributed by atoms with E-state index in [4.69, 9.17) is 27.8 Å². The van der Waals surface area contributed by atoms with Gasteiger partial charge >= 0.3 is 0 Å². The molecule has 0 spiro atoms. The lowest BCUT2D eigenvalue weighted by molar-refractivity contribution is -0.122. The van der Waals surface area contributed by atoms with Gasteiger partial charge in [-0.2, -0.15) is 0 Å². The number of hydrogen-bond donors (Lipinski definition) is 2. The van der Waals surface area contributed by atoms with Crippen molar-refractivity contribution in [2.45, 2.75) is 13.5 Å². The van der Waals surface area contributed by atoms with E-state index in [1.54, 1.807) is 25.1 Å². The monoisotopic (exact) mass is 242 g/mol. The molecule has 5 heteroatoms. The van der Waals surface area contributed by atoms with Gasteiger partial charge in [-0.3, -0.25) is 4.79 Å². The Morgan fingerprint density at radius 3 is 2.81 bits per heavy atom.